The first-order chi connectivity index (χ1) is 11.6. The molecule has 2 saturated heterocycles. The molecule has 1 aromatic heterocycles. The number of carbonyl (C=O) groups excluding carboxylic acids is 1. The van der Waals surface area contributed by atoms with Crippen molar-refractivity contribution in [3.05, 3.63) is 30.1 Å². The number of amides is 1. The van der Waals surface area contributed by atoms with E-state index in [2.05, 4.69) is 21.8 Å². The Balaban J connectivity index is 1.54. The quantitative estimate of drug-likeness (QED) is 0.845. The predicted molar refractivity (Wildman–Crippen MR) is 95.5 cm³/mol. The first-order valence-corrected chi connectivity index (χ1v) is 9.21. The van der Waals surface area contributed by atoms with Gasteiger partial charge in [0.05, 0.1) is 18.2 Å². The van der Waals surface area contributed by atoms with Crippen LogP contribution in [0.3, 0.4) is 0 Å². The SMILES string of the molecule is CN1CCC(N2CCC[C@H](C(=O)N(C)Cc3ccccn3)C2)CC1. The van der Waals surface area contributed by atoms with Crippen LogP contribution in [0.1, 0.15) is 31.4 Å². The van der Waals surface area contributed by atoms with Crippen LogP contribution in [-0.2, 0) is 11.3 Å². The van der Waals surface area contributed by atoms with E-state index in [9.17, 15) is 4.79 Å². The molecule has 0 unspecified atom stereocenters. The molecule has 0 N–H and O–H groups in total. The Morgan fingerprint density at radius 1 is 1.25 bits per heavy atom. The van der Waals surface area contributed by atoms with E-state index in [1.807, 2.05) is 30.1 Å². The van der Waals surface area contributed by atoms with Gasteiger partial charge in [0.15, 0.2) is 0 Å². The van der Waals surface area contributed by atoms with Crippen LogP contribution in [0.25, 0.3) is 0 Å². The molecule has 24 heavy (non-hydrogen) atoms. The Kier molecular flexibility index (Phi) is 5.85. The zero-order chi connectivity index (χ0) is 16.9. The van der Waals surface area contributed by atoms with Crippen LogP contribution in [0.15, 0.2) is 24.4 Å². The average Bonchev–Trinajstić information content (AvgIpc) is 2.62. The maximum Gasteiger partial charge on any atom is 0.227 e. The summed E-state index contributed by atoms with van der Waals surface area (Å²) in [5.41, 5.74) is 0.955. The summed E-state index contributed by atoms with van der Waals surface area (Å²) >= 11 is 0. The fourth-order valence-corrected chi connectivity index (χ4v) is 4.02. The monoisotopic (exact) mass is 330 g/mol. The highest BCUT2D eigenvalue weighted by Crippen LogP contribution is 2.24. The molecule has 5 heteroatoms. The summed E-state index contributed by atoms with van der Waals surface area (Å²) in [4.78, 5) is 24.0. The molecule has 2 fully saturated rings. The number of aromatic nitrogens is 1. The van der Waals surface area contributed by atoms with Crippen LogP contribution in [0.4, 0.5) is 0 Å². The summed E-state index contributed by atoms with van der Waals surface area (Å²) < 4.78 is 0. The molecule has 0 aliphatic carbocycles. The normalized spacial score (nSPS) is 24.0. The van der Waals surface area contributed by atoms with E-state index >= 15 is 0 Å². The Bertz CT molecular complexity index is 527. The van der Waals surface area contributed by atoms with Gasteiger partial charge in [-0.1, -0.05) is 6.07 Å². The molecule has 0 radical (unpaired) electrons. The van der Waals surface area contributed by atoms with Gasteiger partial charge in [0, 0.05) is 25.8 Å². The standard InChI is InChI=1S/C19H30N4O/c1-21-12-8-18(9-13-21)23-11-5-6-16(14-23)19(24)22(2)15-17-7-3-4-10-20-17/h3-4,7,10,16,18H,5-6,8-9,11-15H2,1-2H3/t16-/m0/s1. The molecule has 132 valence electrons. The predicted octanol–water partition coefficient (Wildman–Crippen LogP) is 1.85. The zero-order valence-electron chi connectivity index (χ0n) is 15.0. The fourth-order valence-electron chi connectivity index (χ4n) is 4.02. The Morgan fingerprint density at radius 2 is 2.04 bits per heavy atom. The minimum Gasteiger partial charge on any atom is -0.340 e. The van der Waals surface area contributed by atoms with Gasteiger partial charge in [-0.25, -0.2) is 0 Å². The third kappa shape index (κ3) is 4.33. The second-order valence-electron chi connectivity index (χ2n) is 7.38. The molecule has 1 atom stereocenters. The van der Waals surface area contributed by atoms with E-state index < -0.39 is 0 Å². The molecule has 0 saturated carbocycles. The summed E-state index contributed by atoms with van der Waals surface area (Å²) in [5, 5.41) is 0. The van der Waals surface area contributed by atoms with Crippen molar-refractivity contribution in [2.75, 3.05) is 40.3 Å². The van der Waals surface area contributed by atoms with Gasteiger partial charge in [-0.15, -0.1) is 0 Å². The van der Waals surface area contributed by atoms with Crippen LogP contribution >= 0.6 is 0 Å². The largest absolute Gasteiger partial charge is 0.340 e. The second-order valence-corrected chi connectivity index (χ2v) is 7.38. The number of hydrogen-bond acceptors (Lipinski definition) is 4. The molecule has 2 aliphatic rings. The first-order valence-electron chi connectivity index (χ1n) is 9.21. The molecule has 1 aromatic rings. The van der Waals surface area contributed by atoms with Gasteiger partial charge in [-0.3, -0.25) is 14.7 Å². The molecule has 1 amide bonds. The van der Waals surface area contributed by atoms with E-state index in [4.69, 9.17) is 0 Å². The van der Waals surface area contributed by atoms with Gasteiger partial charge in [0.2, 0.25) is 5.91 Å². The van der Waals surface area contributed by atoms with Crippen molar-refractivity contribution >= 4 is 5.91 Å². The molecule has 0 bridgehead atoms. The van der Waals surface area contributed by atoms with E-state index in [-0.39, 0.29) is 11.8 Å². The maximum absolute atomic E-state index is 12.8. The molecular weight excluding hydrogens is 300 g/mol. The van der Waals surface area contributed by atoms with Gasteiger partial charge in [-0.05, 0) is 64.5 Å². The molecule has 5 nitrogen and oxygen atoms in total. The number of piperidine rings is 2. The number of rotatable bonds is 4. The highest BCUT2D eigenvalue weighted by atomic mass is 16.2. The van der Waals surface area contributed by atoms with Crippen LogP contribution in [0.5, 0.6) is 0 Å². The second kappa shape index (κ2) is 8.08. The molecule has 3 heterocycles. The number of carbonyl (C=O) groups is 1. The van der Waals surface area contributed by atoms with Crippen LogP contribution < -0.4 is 0 Å². The minimum atomic E-state index is 0.145. The summed E-state index contributed by atoms with van der Waals surface area (Å²) in [6.07, 6.45) is 6.42. The lowest BCUT2D eigenvalue weighted by atomic mass is 9.93. The van der Waals surface area contributed by atoms with Gasteiger partial charge in [0.25, 0.3) is 0 Å². The average molecular weight is 330 g/mol. The topological polar surface area (TPSA) is 39.7 Å². The molecule has 0 spiro atoms. The smallest absolute Gasteiger partial charge is 0.227 e. The summed E-state index contributed by atoms with van der Waals surface area (Å²) in [6.45, 7) is 5.05. The van der Waals surface area contributed by atoms with E-state index in [0.717, 1.165) is 31.6 Å². The van der Waals surface area contributed by atoms with Crippen molar-refractivity contribution < 1.29 is 4.79 Å². The number of nitrogens with zero attached hydrogens (tertiary/aromatic N) is 4. The first kappa shape index (κ1) is 17.4. The molecule has 0 aromatic carbocycles. The Hall–Kier alpha value is -1.46. The van der Waals surface area contributed by atoms with E-state index in [0.29, 0.717) is 12.6 Å². The molecule has 2 aliphatic heterocycles. The third-order valence-corrected chi connectivity index (χ3v) is 5.51. The van der Waals surface area contributed by atoms with Crippen molar-refractivity contribution in [3.63, 3.8) is 0 Å². The van der Waals surface area contributed by atoms with Crippen molar-refractivity contribution in [3.8, 4) is 0 Å². The minimum absolute atomic E-state index is 0.145. The van der Waals surface area contributed by atoms with Gasteiger partial charge >= 0.3 is 0 Å². The third-order valence-electron chi connectivity index (χ3n) is 5.51. The Morgan fingerprint density at radius 3 is 2.75 bits per heavy atom. The van der Waals surface area contributed by atoms with Crippen LogP contribution in [0.2, 0.25) is 0 Å². The summed E-state index contributed by atoms with van der Waals surface area (Å²) in [7, 11) is 4.11. The van der Waals surface area contributed by atoms with Crippen molar-refractivity contribution in [2.24, 2.45) is 5.92 Å². The summed E-state index contributed by atoms with van der Waals surface area (Å²) in [6, 6.07) is 6.53. The van der Waals surface area contributed by atoms with E-state index in [1.165, 1.54) is 25.9 Å². The van der Waals surface area contributed by atoms with E-state index in [1.54, 1.807) is 6.20 Å². The van der Waals surface area contributed by atoms with Gasteiger partial charge < -0.3 is 9.80 Å². The van der Waals surface area contributed by atoms with Crippen molar-refractivity contribution in [1.29, 1.82) is 0 Å². The summed E-state index contributed by atoms with van der Waals surface area (Å²) in [5.74, 6) is 0.422. The number of likely N-dealkylation sites (tertiary alicyclic amines) is 2. The van der Waals surface area contributed by atoms with Crippen molar-refractivity contribution in [1.82, 2.24) is 19.7 Å². The highest BCUT2D eigenvalue weighted by Gasteiger charge is 2.32. The zero-order valence-corrected chi connectivity index (χ0v) is 15.0. The number of hydrogen-bond donors (Lipinski definition) is 0. The fraction of sp³-hybridized carbons (Fsp3) is 0.684. The van der Waals surface area contributed by atoms with Crippen LogP contribution in [-0.4, -0.2) is 71.9 Å². The van der Waals surface area contributed by atoms with Crippen LogP contribution in [0, 0.1) is 5.92 Å². The highest BCUT2D eigenvalue weighted by molar-refractivity contribution is 5.78. The molecule has 3 rings (SSSR count). The lowest BCUT2D eigenvalue weighted by molar-refractivity contribution is -0.137. The van der Waals surface area contributed by atoms with Crippen molar-refractivity contribution in [2.45, 2.75) is 38.3 Å². The lowest BCUT2D eigenvalue weighted by Gasteiger charge is -2.41. The van der Waals surface area contributed by atoms with Gasteiger partial charge in [0.1, 0.15) is 0 Å². The Labute approximate surface area is 145 Å². The molecular formula is C19H30N4O. The lowest BCUT2D eigenvalue weighted by Crippen LogP contribution is -2.50. The number of pyridine rings is 1. The maximum atomic E-state index is 12.8. The van der Waals surface area contributed by atoms with Gasteiger partial charge in [-0.2, -0.15) is 0 Å².